The van der Waals surface area contributed by atoms with Gasteiger partial charge >= 0.3 is 0 Å². The average molecular weight is 376 g/mol. The van der Waals surface area contributed by atoms with E-state index in [0.29, 0.717) is 20.1 Å². The normalized spacial score (nSPS) is 17.8. The summed E-state index contributed by atoms with van der Waals surface area (Å²) in [7, 11) is 0. The van der Waals surface area contributed by atoms with Crippen LogP contribution in [0.1, 0.15) is 11.1 Å². The first-order valence-electron chi connectivity index (χ1n) is 6.94. The Morgan fingerprint density at radius 1 is 0.958 bits per heavy atom. The molecule has 1 saturated heterocycles. The molecule has 1 aliphatic rings. The molecule has 7 heteroatoms. The highest BCUT2D eigenvalue weighted by Crippen LogP contribution is 2.28. The number of amides is 1. The second kappa shape index (κ2) is 7.66. The van der Waals surface area contributed by atoms with Crippen molar-refractivity contribution >= 4 is 58.3 Å². The maximum absolute atomic E-state index is 12.0. The number of hydrogen-bond acceptors (Lipinski definition) is 4. The number of halogens is 2. The lowest BCUT2D eigenvalue weighted by molar-refractivity contribution is -0.115. The van der Waals surface area contributed by atoms with Crippen LogP contribution in [0.5, 0.6) is 0 Å². The molecule has 1 aliphatic heterocycles. The van der Waals surface area contributed by atoms with E-state index in [-0.39, 0.29) is 5.91 Å². The van der Waals surface area contributed by atoms with Gasteiger partial charge < -0.3 is 0 Å². The zero-order valence-corrected chi connectivity index (χ0v) is 14.6. The summed E-state index contributed by atoms with van der Waals surface area (Å²) in [5, 5.41) is 12.2. The van der Waals surface area contributed by atoms with Crippen molar-refractivity contribution in [3.05, 3.63) is 74.6 Å². The number of hydrogen-bond donors (Lipinski definition) is 1. The number of nitrogens with one attached hydrogen (secondary N) is 1. The molecular weight excluding hydrogens is 365 g/mol. The maximum atomic E-state index is 12.0. The molecule has 2 aromatic rings. The van der Waals surface area contributed by atoms with Crippen LogP contribution in [-0.2, 0) is 4.79 Å². The lowest BCUT2D eigenvalue weighted by Crippen LogP contribution is -2.19. The molecule has 1 amide bonds. The lowest BCUT2D eigenvalue weighted by atomic mass is 10.2. The lowest BCUT2D eigenvalue weighted by Gasteiger charge is -1.97. The highest BCUT2D eigenvalue weighted by atomic mass is 35.5. The number of carbonyl (C=O) groups excluding carboxylic acids is 1. The highest BCUT2D eigenvalue weighted by Gasteiger charge is 2.24. The standard InChI is InChI=1S/C17H11Cl2N3OS/c18-13-7-3-1-5-11(13)9-15-16(23)21-17(24-15)22-20-10-12-6-2-4-8-14(12)19/h1-10H,(H,21,22,23)/b15-9-,20-10-. The van der Waals surface area contributed by atoms with Gasteiger partial charge in [0.2, 0.25) is 0 Å². The molecule has 2 aromatic carbocycles. The molecule has 0 radical (unpaired) electrons. The molecule has 1 fully saturated rings. The Morgan fingerprint density at radius 2 is 1.58 bits per heavy atom. The molecule has 4 nitrogen and oxygen atoms in total. The predicted octanol–water partition coefficient (Wildman–Crippen LogP) is 4.59. The minimum absolute atomic E-state index is 0.230. The second-order valence-corrected chi connectivity index (χ2v) is 6.60. The van der Waals surface area contributed by atoms with E-state index >= 15 is 0 Å². The minimum atomic E-state index is -0.230. The van der Waals surface area contributed by atoms with E-state index in [0.717, 1.165) is 11.1 Å². The Kier molecular flexibility index (Phi) is 5.35. The summed E-state index contributed by atoms with van der Waals surface area (Å²) in [6, 6.07) is 14.6. The molecule has 120 valence electrons. The monoisotopic (exact) mass is 375 g/mol. The minimum Gasteiger partial charge on any atom is -0.299 e. The van der Waals surface area contributed by atoms with E-state index in [4.69, 9.17) is 23.2 Å². The van der Waals surface area contributed by atoms with E-state index in [2.05, 4.69) is 15.5 Å². The predicted molar refractivity (Wildman–Crippen MR) is 102 cm³/mol. The van der Waals surface area contributed by atoms with Crippen molar-refractivity contribution in [1.29, 1.82) is 0 Å². The van der Waals surface area contributed by atoms with Crippen LogP contribution in [0, 0.1) is 0 Å². The first kappa shape index (κ1) is 16.8. The van der Waals surface area contributed by atoms with Crippen molar-refractivity contribution < 1.29 is 4.79 Å². The van der Waals surface area contributed by atoms with E-state index < -0.39 is 0 Å². The summed E-state index contributed by atoms with van der Waals surface area (Å²) in [5.74, 6) is -0.230. The van der Waals surface area contributed by atoms with Crippen LogP contribution in [0.4, 0.5) is 0 Å². The van der Waals surface area contributed by atoms with E-state index in [1.807, 2.05) is 36.4 Å². The molecule has 0 bridgehead atoms. The van der Waals surface area contributed by atoms with Gasteiger partial charge in [-0.05, 0) is 35.5 Å². The average Bonchev–Trinajstić information content (AvgIpc) is 2.91. The van der Waals surface area contributed by atoms with Gasteiger partial charge in [-0.1, -0.05) is 59.6 Å². The van der Waals surface area contributed by atoms with Crippen LogP contribution in [0.25, 0.3) is 6.08 Å². The smallest absolute Gasteiger partial charge is 0.264 e. The van der Waals surface area contributed by atoms with Crippen molar-refractivity contribution in [1.82, 2.24) is 5.32 Å². The summed E-state index contributed by atoms with van der Waals surface area (Å²) in [5.41, 5.74) is 1.53. The molecule has 0 aliphatic carbocycles. The van der Waals surface area contributed by atoms with E-state index in [1.54, 1.807) is 18.2 Å². The Balaban J connectivity index is 1.75. The summed E-state index contributed by atoms with van der Waals surface area (Å²) < 4.78 is 0. The van der Waals surface area contributed by atoms with Crippen molar-refractivity contribution in [3.8, 4) is 0 Å². The van der Waals surface area contributed by atoms with Crippen LogP contribution >= 0.6 is 35.0 Å². The van der Waals surface area contributed by atoms with E-state index in [9.17, 15) is 4.79 Å². The van der Waals surface area contributed by atoms with Crippen LogP contribution < -0.4 is 5.32 Å². The number of benzene rings is 2. The van der Waals surface area contributed by atoms with Gasteiger partial charge in [0.1, 0.15) is 0 Å². The number of carbonyl (C=O) groups is 1. The molecule has 24 heavy (non-hydrogen) atoms. The number of thioether (sulfide) groups is 1. The third-order valence-electron chi connectivity index (χ3n) is 3.09. The van der Waals surface area contributed by atoms with Gasteiger partial charge in [0, 0.05) is 15.6 Å². The van der Waals surface area contributed by atoms with Crippen molar-refractivity contribution in [2.45, 2.75) is 0 Å². The van der Waals surface area contributed by atoms with E-state index in [1.165, 1.54) is 18.0 Å². The number of rotatable bonds is 3. The highest BCUT2D eigenvalue weighted by molar-refractivity contribution is 8.18. The zero-order chi connectivity index (χ0) is 16.9. The summed E-state index contributed by atoms with van der Waals surface area (Å²) in [4.78, 5) is 12.5. The third kappa shape index (κ3) is 4.06. The Hall–Kier alpha value is -2.08. The van der Waals surface area contributed by atoms with Crippen LogP contribution in [0.3, 0.4) is 0 Å². The summed E-state index contributed by atoms with van der Waals surface area (Å²) in [6.07, 6.45) is 3.26. The number of nitrogens with zero attached hydrogens (tertiary/aromatic N) is 2. The van der Waals surface area contributed by atoms with Gasteiger partial charge in [0.15, 0.2) is 5.17 Å². The van der Waals surface area contributed by atoms with Gasteiger partial charge in [-0.3, -0.25) is 10.1 Å². The van der Waals surface area contributed by atoms with Crippen LogP contribution in [-0.4, -0.2) is 17.3 Å². The topological polar surface area (TPSA) is 53.8 Å². The first-order chi connectivity index (χ1) is 11.6. The van der Waals surface area contributed by atoms with Gasteiger partial charge in [-0.2, -0.15) is 5.10 Å². The van der Waals surface area contributed by atoms with Gasteiger partial charge in [-0.25, -0.2) is 0 Å². The molecule has 0 unspecified atom stereocenters. The van der Waals surface area contributed by atoms with Crippen LogP contribution in [0.15, 0.2) is 63.6 Å². The Bertz CT molecular complexity index is 878. The van der Waals surface area contributed by atoms with Gasteiger partial charge in [-0.15, -0.1) is 5.10 Å². The van der Waals surface area contributed by atoms with Crippen molar-refractivity contribution in [2.75, 3.05) is 0 Å². The Morgan fingerprint density at radius 3 is 2.25 bits per heavy atom. The van der Waals surface area contributed by atoms with Crippen LogP contribution in [0.2, 0.25) is 10.0 Å². The molecule has 0 saturated carbocycles. The van der Waals surface area contributed by atoms with Gasteiger partial charge in [0.05, 0.1) is 11.1 Å². The van der Waals surface area contributed by atoms with Gasteiger partial charge in [0.25, 0.3) is 5.91 Å². The maximum Gasteiger partial charge on any atom is 0.264 e. The van der Waals surface area contributed by atoms with Crippen molar-refractivity contribution in [3.63, 3.8) is 0 Å². The Labute approximate surface area is 153 Å². The zero-order valence-electron chi connectivity index (χ0n) is 12.2. The summed E-state index contributed by atoms with van der Waals surface area (Å²) >= 11 is 13.3. The second-order valence-electron chi connectivity index (χ2n) is 4.76. The largest absolute Gasteiger partial charge is 0.299 e. The SMILES string of the molecule is O=C1N/C(=N\N=C/c2ccccc2Cl)S/C1=C\c1ccccc1Cl. The molecule has 0 aromatic heterocycles. The van der Waals surface area contributed by atoms with Crippen molar-refractivity contribution in [2.24, 2.45) is 10.2 Å². The fourth-order valence-corrected chi connectivity index (χ4v) is 3.08. The molecule has 3 rings (SSSR count). The fourth-order valence-electron chi connectivity index (χ4n) is 1.93. The quantitative estimate of drug-likeness (QED) is 0.484. The molecule has 0 atom stereocenters. The number of amidine groups is 1. The fraction of sp³-hybridized carbons (Fsp3) is 0. The molecule has 1 N–H and O–H groups in total. The molecular formula is C17H11Cl2N3OS. The first-order valence-corrected chi connectivity index (χ1v) is 8.52. The molecule has 0 spiro atoms. The summed E-state index contributed by atoms with van der Waals surface area (Å²) in [6.45, 7) is 0. The third-order valence-corrected chi connectivity index (χ3v) is 4.68. The molecule has 1 heterocycles.